The average molecular weight is 439 g/mol. The Balaban J connectivity index is 2.02. The number of hydrogen-bond donors (Lipinski definition) is 3. The lowest BCUT2D eigenvalue weighted by Gasteiger charge is -2.16. The molecule has 0 bridgehead atoms. The van der Waals surface area contributed by atoms with Gasteiger partial charge in [0, 0.05) is 17.1 Å². The van der Waals surface area contributed by atoms with Crippen molar-refractivity contribution in [2.24, 2.45) is 5.92 Å². The Bertz CT molecular complexity index is 957. The van der Waals surface area contributed by atoms with Gasteiger partial charge in [-0.15, -0.1) is 0 Å². The van der Waals surface area contributed by atoms with E-state index < -0.39 is 22.0 Å². The van der Waals surface area contributed by atoms with Crippen LogP contribution in [0.15, 0.2) is 53.4 Å². The predicted octanol–water partition coefficient (Wildman–Crippen LogP) is 3.05. The summed E-state index contributed by atoms with van der Waals surface area (Å²) < 4.78 is 27.2. The summed E-state index contributed by atoms with van der Waals surface area (Å²) in [6, 6.07) is 11.1. The van der Waals surface area contributed by atoms with E-state index >= 15 is 0 Å². The van der Waals surface area contributed by atoms with Gasteiger partial charge in [0.15, 0.2) is 0 Å². The maximum absolute atomic E-state index is 12.5. The van der Waals surface area contributed by atoms with Crippen LogP contribution in [0.25, 0.3) is 0 Å². The van der Waals surface area contributed by atoms with Crippen LogP contribution in [0.3, 0.4) is 0 Å². The third kappa shape index (κ3) is 6.85. The zero-order valence-corrected chi connectivity index (χ0v) is 17.6. The largest absolute Gasteiger partial charge is 0.480 e. The molecule has 3 N–H and O–H groups in total. The van der Waals surface area contributed by atoms with Crippen molar-refractivity contribution in [3.63, 3.8) is 0 Å². The van der Waals surface area contributed by atoms with E-state index in [1.807, 2.05) is 13.8 Å². The fourth-order valence-electron chi connectivity index (χ4n) is 2.60. The minimum absolute atomic E-state index is 0.0189. The second-order valence-electron chi connectivity index (χ2n) is 6.98. The van der Waals surface area contributed by atoms with Gasteiger partial charge in [0.2, 0.25) is 10.0 Å². The van der Waals surface area contributed by atoms with Crippen molar-refractivity contribution in [3.05, 3.63) is 64.7 Å². The monoisotopic (exact) mass is 438 g/mol. The Labute approximate surface area is 175 Å². The number of benzene rings is 2. The molecule has 2 rings (SSSR count). The highest BCUT2D eigenvalue weighted by molar-refractivity contribution is 7.89. The highest BCUT2D eigenvalue weighted by Crippen LogP contribution is 2.14. The molecule has 0 unspecified atom stereocenters. The van der Waals surface area contributed by atoms with Crippen LogP contribution in [-0.2, 0) is 21.4 Å². The Morgan fingerprint density at radius 3 is 2.14 bits per heavy atom. The molecule has 0 fully saturated rings. The van der Waals surface area contributed by atoms with E-state index in [0.29, 0.717) is 16.1 Å². The predicted molar refractivity (Wildman–Crippen MR) is 110 cm³/mol. The number of amides is 1. The Morgan fingerprint density at radius 1 is 1.03 bits per heavy atom. The fourth-order valence-corrected chi connectivity index (χ4v) is 3.93. The molecule has 7 nitrogen and oxygen atoms in total. The molecule has 0 saturated heterocycles. The second-order valence-corrected chi connectivity index (χ2v) is 9.13. The van der Waals surface area contributed by atoms with Crippen molar-refractivity contribution in [1.82, 2.24) is 10.0 Å². The number of sulfonamides is 1. The smallest absolute Gasteiger partial charge is 0.321 e. The molecule has 156 valence electrons. The van der Waals surface area contributed by atoms with Crippen LogP contribution in [-0.4, -0.2) is 31.4 Å². The summed E-state index contributed by atoms with van der Waals surface area (Å²) in [5.41, 5.74) is 1.16. The zero-order valence-electron chi connectivity index (χ0n) is 16.1. The molecule has 0 spiro atoms. The molecule has 1 atom stereocenters. The van der Waals surface area contributed by atoms with Gasteiger partial charge in [0.25, 0.3) is 5.91 Å². The molecule has 0 aromatic heterocycles. The van der Waals surface area contributed by atoms with E-state index in [1.165, 1.54) is 12.1 Å². The standard InChI is InChI=1S/C20H23ClN2O5S/c1-13(2)11-18(20(25)26)23-29(27,28)17-9-3-14(4-10-17)12-22-19(24)15-5-7-16(21)8-6-15/h3-10,13,18,23H,11-12H2,1-2H3,(H,22,24)(H,25,26)/t18-/m0/s1. The number of carbonyl (C=O) groups is 2. The zero-order chi connectivity index (χ0) is 21.6. The van der Waals surface area contributed by atoms with Crippen LogP contribution in [0.4, 0.5) is 0 Å². The number of aliphatic carboxylic acids is 1. The summed E-state index contributed by atoms with van der Waals surface area (Å²) >= 11 is 5.80. The number of nitrogens with one attached hydrogen (secondary N) is 2. The van der Waals surface area contributed by atoms with E-state index in [1.54, 1.807) is 36.4 Å². The van der Waals surface area contributed by atoms with Gasteiger partial charge in [0.05, 0.1) is 4.90 Å². The second kappa shape index (κ2) is 9.87. The maximum Gasteiger partial charge on any atom is 0.321 e. The first-order chi connectivity index (χ1) is 13.6. The highest BCUT2D eigenvalue weighted by atomic mass is 35.5. The SMILES string of the molecule is CC(C)C[C@H](NS(=O)(=O)c1ccc(CNC(=O)c2ccc(Cl)cc2)cc1)C(=O)O. The fraction of sp³-hybridized carbons (Fsp3) is 0.300. The number of carboxylic acids is 1. The number of carboxylic acid groups (broad SMARTS) is 1. The van der Waals surface area contributed by atoms with Gasteiger partial charge in [-0.1, -0.05) is 37.6 Å². The van der Waals surface area contributed by atoms with Crippen LogP contribution >= 0.6 is 11.6 Å². The lowest BCUT2D eigenvalue weighted by molar-refractivity contribution is -0.139. The summed E-state index contributed by atoms with van der Waals surface area (Å²) in [5, 5.41) is 12.5. The van der Waals surface area contributed by atoms with Crippen LogP contribution in [0.5, 0.6) is 0 Å². The molecular weight excluding hydrogens is 416 g/mol. The van der Waals surface area contributed by atoms with Crippen molar-refractivity contribution in [1.29, 1.82) is 0 Å². The van der Waals surface area contributed by atoms with E-state index in [4.69, 9.17) is 11.6 Å². The summed E-state index contributed by atoms with van der Waals surface area (Å²) in [7, 11) is -3.98. The summed E-state index contributed by atoms with van der Waals surface area (Å²) in [6.07, 6.45) is 0.184. The molecule has 1 amide bonds. The molecule has 2 aromatic rings. The topological polar surface area (TPSA) is 113 Å². The molecule has 0 saturated carbocycles. The summed E-state index contributed by atoms with van der Waals surface area (Å²) in [4.78, 5) is 23.4. The number of halogens is 1. The van der Waals surface area contributed by atoms with Gasteiger partial charge in [-0.05, 0) is 54.3 Å². The molecule has 9 heteroatoms. The maximum atomic E-state index is 12.5. The van der Waals surface area contributed by atoms with Gasteiger partial charge in [-0.25, -0.2) is 8.42 Å². The first-order valence-electron chi connectivity index (χ1n) is 8.96. The third-order valence-electron chi connectivity index (χ3n) is 4.10. The molecular formula is C20H23ClN2O5S. The van der Waals surface area contributed by atoms with Crippen molar-refractivity contribution in [2.45, 2.75) is 37.8 Å². The van der Waals surface area contributed by atoms with Crippen molar-refractivity contribution in [3.8, 4) is 0 Å². The van der Waals surface area contributed by atoms with Gasteiger partial charge in [-0.2, -0.15) is 4.72 Å². The minimum atomic E-state index is -3.98. The lowest BCUT2D eigenvalue weighted by atomic mass is 10.1. The van der Waals surface area contributed by atoms with Gasteiger partial charge < -0.3 is 10.4 Å². The van der Waals surface area contributed by atoms with Crippen molar-refractivity contribution < 1.29 is 23.1 Å². The molecule has 0 aliphatic carbocycles. The minimum Gasteiger partial charge on any atom is -0.480 e. The molecule has 0 aliphatic rings. The van der Waals surface area contributed by atoms with Crippen LogP contribution in [0.1, 0.15) is 36.2 Å². The Hall–Kier alpha value is -2.42. The third-order valence-corrected chi connectivity index (χ3v) is 5.84. The van der Waals surface area contributed by atoms with Crippen molar-refractivity contribution >= 4 is 33.5 Å². The van der Waals surface area contributed by atoms with Crippen molar-refractivity contribution in [2.75, 3.05) is 0 Å². The number of carbonyl (C=O) groups excluding carboxylic acids is 1. The van der Waals surface area contributed by atoms with Gasteiger partial charge in [-0.3, -0.25) is 9.59 Å². The molecule has 2 aromatic carbocycles. The molecule has 0 aliphatic heterocycles. The first kappa shape index (κ1) is 22.9. The van der Waals surface area contributed by atoms with E-state index in [9.17, 15) is 23.1 Å². The van der Waals surface area contributed by atoms with Crippen LogP contribution in [0.2, 0.25) is 5.02 Å². The van der Waals surface area contributed by atoms with Crippen LogP contribution in [0, 0.1) is 5.92 Å². The lowest BCUT2D eigenvalue weighted by Crippen LogP contribution is -2.41. The first-order valence-corrected chi connectivity index (χ1v) is 10.8. The highest BCUT2D eigenvalue weighted by Gasteiger charge is 2.26. The Morgan fingerprint density at radius 2 is 1.62 bits per heavy atom. The summed E-state index contributed by atoms with van der Waals surface area (Å²) in [6.45, 7) is 3.84. The number of hydrogen-bond acceptors (Lipinski definition) is 4. The molecule has 0 radical (unpaired) electrons. The van der Waals surface area contributed by atoms with Gasteiger partial charge in [0.1, 0.15) is 6.04 Å². The molecule has 0 heterocycles. The Kier molecular flexibility index (Phi) is 7.78. The summed E-state index contributed by atoms with van der Waals surface area (Å²) in [5.74, 6) is -1.48. The number of rotatable bonds is 9. The quantitative estimate of drug-likeness (QED) is 0.557. The normalized spacial score (nSPS) is 12.6. The average Bonchev–Trinajstić information content (AvgIpc) is 2.66. The van der Waals surface area contributed by atoms with Crippen LogP contribution < -0.4 is 10.0 Å². The van der Waals surface area contributed by atoms with E-state index in [-0.39, 0.29) is 29.7 Å². The van der Waals surface area contributed by atoms with E-state index in [2.05, 4.69) is 10.0 Å². The molecule has 29 heavy (non-hydrogen) atoms. The van der Waals surface area contributed by atoms with Gasteiger partial charge >= 0.3 is 5.97 Å². The van der Waals surface area contributed by atoms with E-state index in [0.717, 1.165) is 0 Å².